The molecule has 1 aromatic rings. The smallest absolute Gasteiger partial charge is 0.400 e. The number of alkyl halides is 2. The summed E-state index contributed by atoms with van der Waals surface area (Å²) in [7, 11) is 1.51. The second kappa shape index (κ2) is 4.47. The fourth-order valence-electron chi connectivity index (χ4n) is 0.919. The van der Waals surface area contributed by atoms with Crippen molar-refractivity contribution in [1.29, 1.82) is 0 Å². The molecule has 0 bridgehead atoms. The molecule has 0 aromatic heterocycles. The molecule has 0 radical (unpaired) electrons. The monoisotopic (exact) mass is 216 g/mol. The lowest BCUT2D eigenvalue weighted by molar-refractivity contribution is -0.207. The summed E-state index contributed by atoms with van der Waals surface area (Å²) < 4.78 is 35.8. The molecular formula is C11H14F2O2. The zero-order chi connectivity index (χ0) is 11.5. The van der Waals surface area contributed by atoms with Gasteiger partial charge in [-0.2, -0.15) is 8.78 Å². The molecular weight excluding hydrogens is 202 g/mol. The van der Waals surface area contributed by atoms with E-state index < -0.39 is 12.0 Å². The molecule has 4 heteroatoms. The summed E-state index contributed by atoms with van der Waals surface area (Å²) in [6, 6.07) is 6.06. The molecule has 1 aromatic carbocycles. The van der Waals surface area contributed by atoms with Crippen LogP contribution in [0.5, 0.6) is 11.5 Å². The van der Waals surface area contributed by atoms with Gasteiger partial charge in [-0.3, -0.25) is 0 Å². The van der Waals surface area contributed by atoms with Gasteiger partial charge in [0.15, 0.2) is 0 Å². The van der Waals surface area contributed by atoms with Crippen LogP contribution in [0.25, 0.3) is 0 Å². The fourth-order valence-corrected chi connectivity index (χ4v) is 0.919. The van der Waals surface area contributed by atoms with Crippen LogP contribution in [0.2, 0.25) is 0 Å². The van der Waals surface area contributed by atoms with Crippen molar-refractivity contribution in [2.45, 2.75) is 20.0 Å². The van der Waals surface area contributed by atoms with Gasteiger partial charge in [0.1, 0.15) is 11.5 Å². The van der Waals surface area contributed by atoms with Crippen molar-refractivity contribution in [3.05, 3.63) is 24.3 Å². The van der Waals surface area contributed by atoms with E-state index in [0.29, 0.717) is 5.75 Å². The van der Waals surface area contributed by atoms with Gasteiger partial charge in [0.25, 0.3) is 0 Å². The number of ether oxygens (including phenoxy) is 2. The van der Waals surface area contributed by atoms with E-state index in [9.17, 15) is 8.78 Å². The summed E-state index contributed by atoms with van der Waals surface area (Å²) in [4.78, 5) is 0. The normalized spacial score (nSPS) is 11.6. The first-order valence-corrected chi connectivity index (χ1v) is 4.66. The molecule has 0 spiro atoms. The summed E-state index contributed by atoms with van der Waals surface area (Å²) in [5.41, 5.74) is 0. The van der Waals surface area contributed by atoms with Gasteiger partial charge >= 0.3 is 6.11 Å². The summed E-state index contributed by atoms with van der Waals surface area (Å²) in [5, 5.41) is 0. The van der Waals surface area contributed by atoms with E-state index in [2.05, 4.69) is 4.74 Å². The first-order chi connectivity index (χ1) is 6.95. The first kappa shape index (κ1) is 11.8. The van der Waals surface area contributed by atoms with Crippen molar-refractivity contribution >= 4 is 0 Å². The number of rotatable bonds is 4. The number of benzene rings is 1. The molecule has 0 unspecified atom stereocenters. The van der Waals surface area contributed by atoms with Crippen LogP contribution in [0.15, 0.2) is 24.3 Å². The lowest BCUT2D eigenvalue weighted by Gasteiger charge is -2.21. The Hall–Kier alpha value is -1.32. The van der Waals surface area contributed by atoms with Gasteiger partial charge in [0, 0.05) is 0 Å². The molecule has 0 aliphatic carbocycles. The highest BCUT2D eigenvalue weighted by atomic mass is 19.3. The molecule has 15 heavy (non-hydrogen) atoms. The Bertz CT molecular complexity index is 307. The average Bonchev–Trinajstić information content (AvgIpc) is 2.18. The second-order valence-corrected chi connectivity index (χ2v) is 3.49. The van der Waals surface area contributed by atoms with Crippen LogP contribution in [0.3, 0.4) is 0 Å². The average molecular weight is 216 g/mol. The molecule has 84 valence electrons. The van der Waals surface area contributed by atoms with Gasteiger partial charge in [-0.15, -0.1) is 0 Å². The largest absolute Gasteiger partial charge is 0.497 e. The number of halogens is 2. The van der Waals surface area contributed by atoms with Crippen LogP contribution >= 0.6 is 0 Å². The van der Waals surface area contributed by atoms with Crippen molar-refractivity contribution in [2.75, 3.05) is 7.11 Å². The maximum absolute atomic E-state index is 13.2. The summed E-state index contributed by atoms with van der Waals surface area (Å²) in [5.74, 6) is -0.121. The highest BCUT2D eigenvalue weighted by Crippen LogP contribution is 2.29. The highest BCUT2D eigenvalue weighted by Gasteiger charge is 2.35. The maximum Gasteiger partial charge on any atom is 0.400 e. The minimum absolute atomic E-state index is 0.134. The molecule has 0 aliphatic rings. The van der Waals surface area contributed by atoms with Crippen molar-refractivity contribution in [1.82, 2.24) is 0 Å². The summed E-state index contributed by atoms with van der Waals surface area (Å²) in [6.07, 6.45) is -3.14. The molecule has 0 N–H and O–H groups in total. The van der Waals surface area contributed by atoms with Crippen molar-refractivity contribution in [3.8, 4) is 11.5 Å². The van der Waals surface area contributed by atoms with E-state index in [0.717, 1.165) is 0 Å². The minimum Gasteiger partial charge on any atom is -0.497 e. The minimum atomic E-state index is -3.14. The third-order valence-electron chi connectivity index (χ3n) is 1.99. The Balaban J connectivity index is 2.73. The van der Waals surface area contributed by atoms with Gasteiger partial charge < -0.3 is 9.47 Å². The molecule has 1 rings (SSSR count). The van der Waals surface area contributed by atoms with E-state index in [-0.39, 0.29) is 5.75 Å². The lowest BCUT2D eigenvalue weighted by atomic mass is 10.2. The number of hydrogen-bond acceptors (Lipinski definition) is 2. The first-order valence-electron chi connectivity index (χ1n) is 4.66. The lowest BCUT2D eigenvalue weighted by Crippen LogP contribution is -2.31. The molecule has 0 aliphatic heterocycles. The number of hydrogen-bond donors (Lipinski definition) is 0. The molecule has 0 atom stereocenters. The summed E-state index contributed by atoms with van der Waals surface area (Å²) in [6.45, 7) is 2.81. The van der Waals surface area contributed by atoms with E-state index in [1.165, 1.54) is 33.1 Å². The van der Waals surface area contributed by atoms with Gasteiger partial charge in [0.05, 0.1) is 13.0 Å². The topological polar surface area (TPSA) is 18.5 Å². The second-order valence-electron chi connectivity index (χ2n) is 3.49. The zero-order valence-electron chi connectivity index (χ0n) is 8.96. The third-order valence-corrected chi connectivity index (χ3v) is 1.99. The Morgan fingerprint density at radius 2 is 1.53 bits per heavy atom. The fraction of sp³-hybridized carbons (Fsp3) is 0.455. The zero-order valence-corrected chi connectivity index (χ0v) is 8.96. The SMILES string of the molecule is COc1ccc(OC(F)(F)C(C)C)cc1. The van der Waals surface area contributed by atoms with Crippen LogP contribution in [0, 0.1) is 5.92 Å². The quantitative estimate of drug-likeness (QED) is 0.768. The maximum atomic E-state index is 13.2. The van der Waals surface area contributed by atoms with Crippen LogP contribution in [-0.4, -0.2) is 13.2 Å². The van der Waals surface area contributed by atoms with E-state index in [4.69, 9.17) is 4.74 Å². The van der Waals surface area contributed by atoms with E-state index in [1.54, 1.807) is 12.1 Å². The van der Waals surface area contributed by atoms with E-state index >= 15 is 0 Å². The standard InChI is InChI=1S/C11H14F2O2/c1-8(2)11(12,13)15-10-6-4-9(14-3)5-7-10/h4-8H,1-3H3. The van der Waals surface area contributed by atoms with Crippen molar-refractivity contribution in [3.63, 3.8) is 0 Å². The van der Waals surface area contributed by atoms with Gasteiger partial charge in [-0.25, -0.2) is 0 Å². The van der Waals surface area contributed by atoms with Gasteiger partial charge in [-0.1, -0.05) is 13.8 Å². The van der Waals surface area contributed by atoms with Gasteiger partial charge in [-0.05, 0) is 24.3 Å². The Morgan fingerprint density at radius 3 is 1.93 bits per heavy atom. The Labute approximate surface area is 87.8 Å². The van der Waals surface area contributed by atoms with Crippen LogP contribution in [0.4, 0.5) is 8.78 Å². The predicted octanol–water partition coefficient (Wildman–Crippen LogP) is 3.32. The molecule has 0 fully saturated rings. The van der Waals surface area contributed by atoms with Crippen molar-refractivity contribution in [2.24, 2.45) is 5.92 Å². The molecule has 0 saturated carbocycles. The molecule has 0 saturated heterocycles. The molecule has 0 heterocycles. The number of methoxy groups -OCH3 is 1. The molecule has 0 amide bonds. The van der Waals surface area contributed by atoms with Crippen LogP contribution < -0.4 is 9.47 Å². The molecule has 2 nitrogen and oxygen atoms in total. The Kier molecular flexibility index (Phi) is 3.50. The predicted molar refractivity (Wildman–Crippen MR) is 53.4 cm³/mol. The summed E-state index contributed by atoms with van der Waals surface area (Å²) >= 11 is 0. The Morgan fingerprint density at radius 1 is 1.07 bits per heavy atom. The van der Waals surface area contributed by atoms with Gasteiger partial charge in [0.2, 0.25) is 0 Å². The highest BCUT2D eigenvalue weighted by molar-refractivity contribution is 5.31. The van der Waals surface area contributed by atoms with Crippen LogP contribution in [0.1, 0.15) is 13.8 Å². The third kappa shape index (κ3) is 3.08. The van der Waals surface area contributed by atoms with Crippen molar-refractivity contribution < 1.29 is 18.3 Å². The van der Waals surface area contributed by atoms with E-state index in [1.807, 2.05) is 0 Å². The van der Waals surface area contributed by atoms with Crippen LogP contribution in [-0.2, 0) is 0 Å².